The van der Waals surface area contributed by atoms with Crippen LogP contribution in [-0.2, 0) is 16.4 Å². The molecule has 0 unspecified atom stereocenters. The van der Waals surface area contributed by atoms with Crippen LogP contribution in [0.2, 0.25) is 0 Å². The molecule has 0 amide bonds. The molecule has 128 valence electrons. The highest BCUT2D eigenvalue weighted by molar-refractivity contribution is 7.89. The lowest BCUT2D eigenvalue weighted by Crippen LogP contribution is -2.45. The van der Waals surface area contributed by atoms with E-state index in [-0.39, 0.29) is 17.8 Å². The summed E-state index contributed by atoms with van der Waals surface area (Å²) in [5.41, 5.74) is 3.61. The Hall–Kier alpha value is -1.69. The zero-order chi connectivity index (χ0) is 17.0. The van der Waals surface area contributed by atoms with Crippen LogP contribution >= 0.6 is 0 Å². The Balaban J connectivity index is 1.74. The molecule has 2 atom stereocenters. The second-order valence-electron chi connectivity index (χ2n) is 6.25. The van der Waals surface area contributed by atoms with Crippen molar-refractivity contribution in [2.24, 2.45) is 0 Å². The number of nitrogens with one attached hydrogen (secondary N) is 2. The summed E-state index contributed by atoms with van der Waals surface area (Å²) in [5.74, 6) is 0.125. The molecule has 5 heteroatoms. The molecule has 0 bridgehead atoms. The van der Waals surface area contributed by atoms with Gasteiger partial charge in [0, 0.05) is 12.1 Å². The lowest BCUT2D eigenvalue weighted by atomic mass is 9.97. The molecule has 1 heterocycles. The molecule has 2 N–H and O–H groups in total. The summed E-state index contributed by atoms with van der Waals surface area (Å²) in [7, 11) is -3.17. The van der Waals surface area contributed by atoms with Crippen molar-refractivity contribution in [3.8, 4) is 11.1 Å². The molecule has 4 nitrogen and oxygen atoms in total. The SMILES string of the molecule is CCS(=O)(=O)N[C@H]1CCN[C@H]1Cc1cccc(-c2ccccc2)c1. The first-order valence-corrected chi connectivity index (χ1v) is 10.1. The molecule has 2 aromatic carbocycles. The second-order valence-corrected chi connectivity index (χ2v) is 8.29. The van der Waals surface area contributed by atoms with Crippen molar-refractivity contribution in [3.63, 3.8) is 0 Å². The Kier molecular flexibility index (Phi) is 5.33. The molecule has 0 aromatic heterocycles. The molecule has 24 heavy (non-hydrogen) atoms. The van der Waals surface area contributed by atoms with Crippen LogP contribution in [0.4, 0.5) is 0 Å². The van der Waals surface area contributed by atoms with Gasteiger partial charge in [0.2, 0.25) is 10.0 Å². The maximum atomic E-state index is 11.9. The van der Waals surface area contributed by atoms with Gasteiger partial charge >= 0.3 is 0 Å². The Morgan fingerprint density at radius 2 is 1.83 bits per heavy atom. The number of sulfonamides is 1. The maximum absolute atomic E-state index is 11.9. The van der Waals surface area contributed by atoms with Gasteiger partial charge in [-0.25, -0.2) is 13.1 Å². The summed E-state index contributed by atoms with van der Waals surface area (Å²) < 4.78 is 26.5. The molecule has 0 radical (unpaired) electrons. The number of hydrogen-bond donors (Lipinski definition) is 2. The minimum atomic E-state index is -3.17. The molecule has 1 aliphatic rings. The van der Waals surface area contributed by atoms with Gasteiger partial charge in [0.25, 0.3) is 0 Å². The first-order valence-electron chi connectivity index (χ1n) is 8.45. The van der Waals surface area contributed by atoms with Crippen LogP contribution in [0.25, 0.3) is 11.1 Å². The van der Waals surface area contributed by atoms with Gasteiger partial charge in [0.1, 0.15) is 0 Å². The summed E-state index contributed by atoms with van der Waals surface area (Å²) >= 11 is 0. The van der Waals surface area contributed by atoms with Gasteiger partial charge in [-0.3, -0.25) is 0 Å². The third kappa shape index (κ3) is 4.23. The fraction of sp³-hybridized carbons (Fsp3) is 0.368. The Morgan fingerprint density at radius 3 is 2.58 bits per heavy atom. The summed E-state index contributed by atoms with van der Waals surface area (Å²) in [6.45, 7) is 2.52. The van der Waals surface area contributed by atoms with E-state index in [0.717, 1.165) is 19.4 Å². The van der Waals surface area contributed by atoms with Crippen molar-refractivity contribution in [3.05, 3.63) is 60.2 Å². The van der Waals surface area contributed by atoms with Crippen molar-refractivity contribution in [1.29, 1.82) is 0 Å². The number of hydrogen-bond acceptors (Lipinski definition) is 3. The monoisotopic (exact) mass is 344 g/mol. The summed E-state index contributed by atoms with van der Waals surface area (Å²) in [4.78, 5) is 0. The van der Waals surface area contributed by atoms with Crippen LogP contribution in [0, 0.1) is 0 Å². The lowest BCUT2D eigenvalue weighted by molar-refractivity contribution is 0.492. The van der Waals surface area contributed by atoms with Crippen LogP contribution < -0.4 is 10.0 Å². The third-order valence-electron chi connectivity index (χ3n) is 4.55. The van der Waals surface area contributed by atoms with E-state index in [1.165, 1.54) is 16.7 Å². The predicted octanol–water partition coefficient (Wildman–Crippen LogP) is 2.57. The average Bonchev–Trinajstić information content (AvgIpc) is 3.02. The Labute approximate surface area is 144 Å². The topological polar surface area (TPSA) is 58.2 Å². The van der Waals surface area contributed by atoms with E-state index in [9.17, 15) is 8.42 Å². The molecular formula is C19H24N2O2S. The summed E-state index contributed by atoms with van der Waals surface area (Å²) in [6, 6.07) is 18.9. The van der Waals surface area contributed by atoms with E-state index in [4.69, 9.17) is 0 Å². The largest absolute Gasteiger partial charge is 0.312 e. The molecule has 0 aliphatic carbocycles. The summed E-state index contributed by atoms with van der Waals surface area (Å²) in [5, 5.41) is 3.43. The lowest BCUT2D eigenvalue weighted by Gasteiger charge is -2.21. The van der Waals surface area contributed by atoms with Crippen LogP contribution in [0.1, 0.15) is 18.9 Å². The zero-order valence-corrected chi connectivity index (χ0v) is 14.7. The Bertz CT molecular complexity index is 775. The fourth-order valence-electron chi connectivity index (χ4n) is 3.20. The van der Waals surface area contributed by atoms with E-state index in [1.54, 1.807) is 6.92 Å². The zero-order valence-electron chi connectivity index (χ0n) is 13.9. The molecule has 1 fully saturated rings. The van der Waals surface area contributed by atoms with Gasteiger partial charge in [0.05, 0.1) is 5.75 Å². The quantitative estimate of drug-likeness (QED) is 0.847. The molecule has 3 rings (SSSR count). The highest BCUT2D eigenvalue weighted by atomic mass is 32.2. The maximum Gasteiger partial charge on any atom is 0.211 e. The molecule has 1 aliphatic heterocycles. The number of rotatable bonds is 6. The van der Waals surface area contributed by atoms with Gasteiger partial charge in [-0.05, 0) is 43.0 Å². The van der Waals surface area contributed by atoms with Crippen molar-refractivity contribution < 1.29 is 8.42 Å². The minimum absolute atomic E-state index is 0.0321. The van der Waals surface area contributed by atoms with E-state index in [1.807, 2.05) is 18.2 Å². The predicted molar refractivity (Wildman–Crippen MR) is 98.4 cm³/mol. The highest BCUT2D eigenvalue weighted by Crippen LogP contribution is 2.22. The molecule has 1 saturated heterocycles. The normalized spacial score (nSPS) is 21.0. The molecule has 0 saturated carbocycles. The van der Waals surface area contributed by atoms with Crippen LogP contribution in [0.3, 0.4) is 0 Å². The molecule has 2 aromatic rings. The first kappa shape index (κ1) is 17.1. The standard InChI is InChI=1S/C19H24N2O2S/c1-2-24(22,23)21-18-11-12-20-19(18)14-15-7-6-10-17(13-15)16-8-4-3-5-9-16/h3-10,13,18-21H,2,11-12,14H2,1H3/t18-,19-/m0/s1. The van der Waals surface area contributed by atoms with Crippen LogP contribution in [0.15, 0.2) is 54.6 Å². The molecular weight excluding hydrogens is 320 g/mol. The van der Waals surface area contributed by atoms with Crippen molar-refractivity contribution in [2.75, 3.05) is 12.3 Å². The van der Waals surface area contributed by atoms with Gasteiger partial charge in [-0.2, -0.15) is 0 Å². The van der Waals surface area contributed by atoms with Gasteiger partial charge in [-0.1, -0.05) is 54.6 Å². The van der Waals surface area contributed by atoms with Crippen molar-refractivity contribution >= 4 is 10.0 Å². The van der Waals surface area contributed by atoms with E-state index >= 15 is 0 Å². The van der Waals surface area contributed by atoms with E-state index in [2.05, 4.69) is 46.4 Å². The summed E-state index contributed by atoms with van der Waals surface area (Å²) in [6.07, 6.45) is 1.65. The van der Waals surface area contributed by atoms with E-state index in [0.29, 0.717) is 0 Å². The fourth-order valence-corrected chi connectivity index (χ4v) is 4.11. The third-order valence-corrected chi connectivity index (χ3v) is 5.97. The van der Waals surface area contributed by atoms with Crippen LogP contribution in [-0.4, -0.2) is 32.8 Å². The highest BCUT2D eigenvalue weighted by Gasteiger charge is 2.29. The van der Waals surface area contributed by atoms with E-state index < -0.39 is 10.0 Å². The van der Waals surface area contributed by atoms with Crippen molar-refractivity contribution in [1.82, 2.24) is 10.0 Å². The number of benzene rings is 2. The Morgan fingerprint density at radius 1 is 1.08 bits per heavy atom. The second kappa shape index (κ2) is 7.47. The minimum Gasteiger partial charge on any atom is -0.312 e. The average molecular weight is 344 g/mol. The molecule has 0 spiro atoms. The van der Waals surface area contributed by atoms with Crippen LogP contribution in [0.5, 0.6) is 0 Å². The van der Waals surface area contributed by atoms with Gasteiger partial charge in [-0.15, -0.1) is 0 Å². The smallest absolute Gasteiger partial charge is 0.211 e. The first-order chi connectivity index (χ1) is 11.6. The van der Waals surface area contributed by atoms with Gasteiger partial charge < -0.3 is 5.32 Å². The van der Waals surface area contributed by atoms with Crippen molar-refractivity contribution in [2.45, 2.75) is 31.8 Å². The van der Waals surface area contributed by atoms with Gasteiger partial charge in [0.15, 0.2) is 0 Å².